The van der Waals surface area contributed by atoms with Crippen LogP contribution in [0, 0.1) is 13.8 Å². The van der Waals surface area contributed by atoms with Gasteiger partial charge < -0.3 is 14.5 Å². The zero-order valence-electron chi connectivity index (χ0n) is 17.5. The van der Waals surface area contributed by atoms with Gasteiger partial charge in [-0.15, -0.1) is 0 Å². The van der Waals surface area contributed by atoms with Crippen molar-refractivity contribution in [3.63, 3.8) is 0 Å². The Balaban J connectivity index is 1.57. The summed E-state index contributed by atoms with van der Waals surface area (Å²) in [5.74, 6) is 0.248. The second-order valence-corrected chi connectivity index (χ2v) is 8.41. The van der Waals surface area contributed by atoms with Gasteiger partial charge in [0.1, 0.15) is 16.4 Å². The van der Waals surface area contributed by atoms with E-state index in [2.05, 4.69) is 15.6 Å². The van der Waals surface area contributed by atoms with Crippen LogP contribution in [-0.4, -0.2) is 28.6 Å². The average molecular weight is 490 g/mol. The van der Waals surface area contributed by atoms with Gasteiger partial charge in [0.15, 0.2) is 10.2 Å². The van der Waals surface area contributed by atoms with Crippen LogP contribution in [0.1, 0.15) is 33.6 Å². The van der Waals surface area contributed by atoms with Crippen LogP contribution in [0.5, 0.6) is 0 Å². The first-order chi connectivity index (χ1) is 15.3. The van der Waals surface area contributed by atoms with E-state index < -0.39 is 11.9 Å². The SMILES string of the molecule is CCOC(=O)c1sc(NC(=S)NC(=O)/C=C/c2ccc(-c3ccc(C)c(Cl)c3)o2)nc1C. The van der Waals surface area contributed by atoms with Crippen molar-refractivity contribution in [2.75, 3.05) is 11.9 Å². The van der Waals surface area contributed by atoms with Gasteiger partial charge in [0, 0.05) is 16.7 Å². The molecule has 10 heteroatoms. The van der Waals surface area contributed by atoms with Crippen LogP contribution in [0.15, 0.2) is 40.8 Å². The lowest BCUT2D eigenvalue weighted by atomic mass is 10.1. The molecule has 3 rings (SSSR count). The van der Waals surface area contributed by atoms with Gasteiger partial charge in [-0.3, -0.25) is 10.1 Å². The second-order valence-electron chi connectivity index (χ2n) is 6.60. The van der Waals surface area contributed by atoms with Crippen LogP contribution in [0.4, 0.5) is 5.13 Å². The van der Waals surface area contributed by atoms with Gasteiger partial charge in [-0.25, -0.2) is 9.78 Å². The maximum atomic E-state index is 12.2. The number of thiocarbonyl (C=S) groups is 1. The van der Waals surface area contributed by atoms with Crippen LogP contribution in [-0.2, 0) is 9.53 Å². The van der Waals surface area contributed by atoms with E-state index in [0.29, 0.717) is 32.2 Å². The summed E-state index contributed by atoms with van der Waals surface area (Å²) < 4.78 is 10.7. The number of aromatic nitrogens is 1. The third kappa shape index (κ3) is 6.03. The number of aryl methyl sites for hydroxylation is 2. The Hall–Kier alpha value is -3.01. The number of carbonyl (C=O) groups excluding carboxylic acids is 2. The Labute approximate surface area is 199 Å². The number of anilines is 1. The molecular formula is C22H20ClN3O4S2. The van der Waals surface area contributed by atoms with Gasteiger partial charge in [0.25, 0.3) is 0 Å². The van der Waals surface area contributed by atoms with Gasteiger partial charge in [-0.2, -0.15) is 0 Å². The molecule has 1 aromatic carbocycles. The molecule has 7 nitrogen and oxygen atoms in total. The predicted molar refractivity (Wildman–Crippen MR) is 130 cm³/mol. The lowest BCUT2D eigenvalue weighted by Gasteiger charge is -2.04. The molecule has 0 saturated carbocycles. The average Bonchev–Trinajstić information content (AvgIpc) is 3.35. The van der Waals surface area contributed by atoms with Crippen LogP contribution in [0.2, 0.25) is 5.02 Å². The molecule has 0 spiro atoms. The van der Waals surface area contributed by atoms with E-state index in [1.807, 2.05) is 25.1 Å². The van der Waals surface area contributed by atoms with Crippen LogP contribution >= 0.6 is 35.2 Å². The van der Waals surface area contributed by atoms with Crippen LogP contribution < -0.4 is 10.6 Å². The molecule has 2 heterocycles. The van der Waals surface area contributed by atoms with Crippen molar-refractivity contribution in [3.05, 3.63) is 63.3 Å². The van der Waals surface area contributed by atoms with Gasteiger partial charge in [0.05, 0.1) is 12.3 Å². The molecule has 0 bridgehead atoms. The highest BCUT2D eigenvalue weighted by atomic mass is 35.5. The number of nitrogens with zero attached hydrogens (tertiary/aromatic N) is 1. The van der Waals surface area contributed by atoms with Crippen molar-refractivity contribution >= 4 is 63.4 Å². The lowest BCUT2D eigenvalue weighted by Crippen LogP contribution is -2.32. The zero-order valence-corrected chi connectivity index (χ0v) is 19.9. The van der Waals surface area contributed by atoms with Crippen molar-refractivity contribution in [2.45, 2.75) is 20.8 Å². The third-order valence-corrected chi connectivity index (χ3v) is 5.86. The van der Waals surface area contributed by atoms with Gasteiger partial charge >= 0.3 is 5.97 Å². The maximum absolute atomic E-state index is 12.2. The summed E-state index contributed by atoms with van der Waals surface area (Å²) in [6, 6.07) is 9.21. The normalized spacial score (nSPS) is 10.9. The Morgan fingerprint density at radius 2 is 2.06 bits per heavy atom. The minimum Gasteiger partial charge on any atom is -0.462 e. The number of benzene rings is 1. The van der Waals surface area contributed by atoms with Crippen molar-refractivity contribution in [1.82, 2.24) is 10.3 Å². The molecular weight excluding hydrogens is 470 g/mol. The highest BCUT2D eigenvalue weighted by Crippen LogP contribution is 2.27. The van der Waals surface area contributed by atoms with Crippen LogP contribution in [0.25, 0.3) is 17.4 Å². The molecule has 3 aromatic rings. The standard InChI is InChI=1S/C22H20ClN3O4S2/c1-4-29-20(28)19-13(3)24-22(32-19)26-21(31)25-18(27)10-8-15-7-9-17(30-15)14-6-5-12(2)16(23)11-14/h5-11H,4H2,1-3H3,(H2,24,25,26,27,31)/b10-8+. The summed E-state index contributed by atoms with van der Waals surface area (Å²) in [7, 11) is 0. The maximum Gasteiger partial charge on any atom is 0.350 e. The fraction of sp³-hybridized carbons (Fsp3) is 0.182. The molecule has 0 atom stereocenters. The molecule has 0 aliphatic rings. The highest BCUT2D eigenvalue weighted by molar-refractivity contribution is 7.80. The molecule has 32 heavy (non-hydrogen) atoms. The largest absolute Gasteiger partial charge is 0.462 e. The number of carbonyl (C=O) groups is 2. The first-order valence-corrected chi connectivity index (χ1v) is 11.2. The Kier molecular flexibility index (Phi) is 7.79. The van der Waals surface area contributed by atoms with Gasteiger partial charge in [-0.05, 0) is 62.8 Å². The van der Waals surface area contributed by atoms with Gasteiger partial charge in [0.2, 0.25) is 5.91 Å². The predicted octanol–water partition coefficient (Wildman–Crippen LogP) is 5.38. The monoisotopic (exact) mass is 489 g/mol. The fourth-order valence-electron chi connectivity index (χ4n) is 2.62. The summed E-state index contributed by atoms with van der Waals surface area (Å²) in [5, 5.41) is 6.40. The molecule has 2 N–H and O–H groups in total. The number of ether oxygens (including phenoxy) is 1. The number of hydrogen-bond donors (Lipinski definition) is 2. The Bertz CT molecular complexity index is 1200. The molecule has 0 aliphatic carbocycles. The smallest absolute Gasteiger partial charge is 0.350 e. The first-order valence-electron chi connectivity index (χ1n) is 9.57. The summed E-state index contributed by atoms with van der Waals surface area (Å²) >= 11 is 12.4. The van der Waals surface area contributed by atoms with E-state index in [4.69, 9.17) is 33.0 Å². The fourth-order valence-corrected chi connectivity index (χ4v) is 3.93. The van der Waals surface area contributed by atoms with E-state index in [1.165, 1.54) is 12.2 Å². The van der Waals surface area contributed by atoms with Crippen molar-refractivity contribution in [1.29, 1.82) is 0 Å². The van der Waals surface area contributed by atoms with E-state index in [0.717, 1.165) is 22.5 Å². The Morgan fingerprint density at radius 1 is 1.28 bits per heavy atom. The molecule has 0 fully saturated rings. The minimum absolute atomic E-state index is 0.0539. The number of halogens is 1. The molecule has 0 aliphatic heterocycles. The number of nitrogens with one attached hydrogen (secondary N) is 2. The molecule has 0 radical (unpaired) electrons. The summed E-state index contributed by atoms with van der Waals surface area (Å²) in [6.07, 6.45) is 2.83. The second kappa shape index (κ2) is 10.5. The van der Waals surface area contributed by atoms with Crippen LogP contribution in [0.3, 0.4) is 0 Å². The number of esters is 1. The molecule has 2 aromatic heterocycles. The highest BCUT2D eigenvalue weighted by Gasteiger charge is 2.17. The molecule has 0 unspecified atom stereocenters. The Morgan fingerprint density at radius 3 is 2.78 bits per heavy atom. The topological polar surface area (TPSA) is 93.5 Å². The molecule has 0 saturated heterocycles. The molecule has 1 amide bonds. The summed E-state index contributed by atoms with van der Waals surface area (Å²) in [5.41, 5.74) is 2.35. The zero-order chi connectivity index (χ0) is 23.3. The number of furan rings is 1. The number of thiazole rings is 1. The first kappa shape index (κ1) is 23.6. The molecule has 166 valence electrons. The van der Waals surface area contributed by atoms with E-state index >= 15 is 0 Å². The summed E-state index contributed by atoms with van der Waals surface area (Å²) in [4.78, 5) is 28.6. The van der Waals surface area contributed by atoms with E-state index in [9.17, 15) is 9.59 Å². The van der Waals surface area contributed by atoms with Crippen molar-refractivity contribution < 1.29 is 18.7 Å². The quantitative estimate of drug-likeness (QED) is 0.273. The number of hydrogen-bond acceptors (Lipinski definition) is 7. The number of amides is 1. The van der Waals surface area contributed by atoms with Gasteiger partial charge in [-0.1, -0.05) is 35.1 Å². The van der Waals surface area contributed by atoms with Crippen molar-refractivity contribution in [3.8, 4) is 11.3 Å². The van der Waals surface area contributed by atoms with Crippen molar-refractivity contribution in [2.24, 2.45) is 0 Å². The summed E-state index contributed by atoms with van der Waals surface area (Å²) in [6.45, 7) is 5.62. The minimum atomic E-state index is -0.447. The number of rotatable bonds is 6. The van der Waals surface area contributed by atoms with E-state index in [1.54, 1.807) is 26.0 Å². The third-order valence-electron chi connectivity index (χ3n) is 4.20. The van der Waals surface area contributed by atoms with E-state index in [-0.39, 0.29) is 11.7 Å². The lowest BCUT2D eigenvalue weighted by molar-refractivity contribution is -0.115.